The van der Waals surface area contributed by atoms with Gasteiger partial charge in [-0.05, 0) is 30.9 Å². The van der Waals surface area contributed by atoms with Crippen molar-refractivity contribution in [3.8, 4) is 0 Å². The van der Waals surface area contributed by atoms with Crippen molar-refractivity contribution >= 4 is 17.3 Å². The zero-order valence-corrected chi connectivity index (χ0v) is 13.3. The summed E-state index contributed by atoms with van der Waals surface area (Å²) in [6, 6.07) is 4.80. The number of nitrogens with one attached hydrogen (secondary N) is 1. The van der Waals surface area contributed by atoms with Gasteiger partial charge < -0.3 is 10.1 Å². The number of hydrogen-bond donors (Lipinski definition) is 1. The quantitative estimate of drug-likeness (QED) is 0.667. The van der Waals surface area contributed by atoms with Gasteiger partial charge in [0.15, 0.2) is 0 Å². The van der Waals surface area contributed by atoms with Crippen LogP contribution in [0, 0.1) is 5.92 Å². The van der Waals surface area contributed by atoms with Crippen molar-refractivity contribution < 1.29 is 9.53 Å². The van der Waals surface area contributed by atoms with Gasteiger partial charge in [0.05, 0.1) is 13.5 Å². The highest BCUT2D eigenvalue weighted by atomic mass is 32.1. The minimum Gasteiger partial charge on any atom is -0.469 e. The van der Waals surface area contributed by atoms with E-state index < -0.39 is 0 Å². The van der Waals surface area contributed by atoms with Crippen LogP contribution in [0.4, 0.5) is 0 Å². The molecule has 0 aliphatic heterocycles. The number of hydrogen-bond acceptors (Lipinski definition) is 4. The molecule has 0 spiro atoms. The fourth-order valence-electron chi connectivity index (χ4n) is 2.85. The largest absolute Gasteiger partial charge is 0.469 e. The molecule has 0 aromatic carbocycles. The van der Waals surface area contributed by atoms with Gasteiger partial charge in [-0.3, -0.25) is 4.79 Å². The molecule has 0 bridgehead atoms. The molecular formula is C16H25NO2S. The van der Waals surface area contributed by atoms with Crippen LogP contribution in [0.15, 0.2) is 12.1 Å². The molecule has 2 rings (SSSR count). The molecule has 2 unspecified atom stereocenters. The van der Waals surface area contributed by atoms with Crippen LogP contribution >= 0.6 is 11.3 Å². The van der Waals surface area contributed by atoms with E-state index in [4.69, 9.17) is 4.74 Å². The van der Waals surface area contributed by atoms with Crippen molar-refractivity contribution in [1.29, 1.82) is 0 Å². The molecule has 2 atom stereocenters. The van der Waals surface area contributed by atoms with E-state index in [1.807, 2.05) is 6.07 Å². The highest BCUT2D eigenvalue weighted by Gasteiger charge is 2.19. The molecule has 1 heterocycles. The lowest BCUT2D eigenvalue weighted by Gasteiger charge is -2.22. The van der Waals surface area contributed by atoms with E-state index in [9.17, 15) is 4.79 Å². The maximum atomic E-state index is 11.2. The van der Waals surface area contributed by atoms with E-state index in [0.717, 1.165) is 17.3 Å². The Hall–Kier alpha value is -0.870. The van der Waals surface area contributed by atoms with E-state index in [1.54, 1.807) is 11.3 Å². The zero-order chi connectivity index (χ0) is 14.4. The summed E-state index contributed by atoms with van der Waals surface area (Å²) in [5.41, 5.74) is 0. The van der Waals surface area contributed by atoms with E-state index in [1.165, 1.54) is 44.1 Å². The van der Waals surface area contributed by atoms with Crippen LogP contribution in [-0.4, -0.2) is 19.1 Å². The average molecular weight is 295 g/mol. The maximum absolute atomic E-state index is 11.2. The van der Waals surface area contributed by atoms with Crippen LogP contribution in [0.2, 0.25) is 0 Å². The van der Waals surface area contributed by atoms with E-state index in [0.29, 0.717) is 12.5 Å². The van der Waals surface area contributed by atoms with E-state index >= 15 is 0 Å². The van der Waals surface area contributed by atoms with Gasteiger partial charge in [-0.25, -0.2) is 0 Å². The number of ether oxygens (including phenoxy) is 1. The average Bonchev–Trinajstić information content (AvgIpc) is 2.78. The minimum atomic E-state index is -0.163. The Labute approximate surface area is 125 Å². The van der Waals surface area contributed by atoms with Gasteiger partial charge in [-0.1, -0.05) is 26.2 Å². The van der Waals surface area contributed by atoms with Crippen LogP contribution in [-0.2, 0) is 22.5 Å². The molecular weight excluding hydrogens is 270 g/mol. The first-order valence-electron chi connectivity index (χ1n) is 7.57. The molecule has 1 aliphatic rings. The van der Waals surface area contributed by atoms with Crippen molar-refractivity contribution in [2.45, 2.75) is 58.0 Å². The maximum Gasteiger partial charge on any atom is 0.310 e. The predicted octanol–water partition coefficient (Wildman–Crippen LogP) is 3.52. The molecule has 1 fully saturated rings. The molecule has 1 aliphatic carbocycles. The minimum absolute atomic E-state index is 0.163. The number of thiophene rings is 1. The fourth-order valence-corrected chi connectivity index (χ4v) is 3.81. The van der Waals surface area contributed by atoms with Crippen molar-refractivity contribution in [1.82, 2.24) is 5.32 Å². The van der Waals surface area contributed by atoms with Crippen LogP contribution in [0.1, 0.15) is 48.8 Å². The first-order valence-corrected chi connectivity index (χ1v) is 8.38. The van der Waals surface area contributed by atoms with Gasteiger partial charge in [0.2, 0.25) is 0 Å². The number of rotatable bonds is 5. The molecule has 0 saturated heterocycles. The Kier molecular flexibility index (Phi) is 6.05. The van der Waals surface area contributed by atoms with Crippen molar-refractivity contribution in [3.63, 3.8) is 0 Å². The third kappa shape index (κ3) is 4.60. The number of methoxy groups -OCH3 is 1. The van der Waals surface area contributed by atoms with Crippen LogP contribution < -0.4 is 5.32 Å². The Morgan fingerprint density at radius 1 is 1.30 bits per heavy atom. The molecule has 1 N–H and O–H groups in total. The first-order chi connectivity index (χ1) is 9.69. The second-order valence-electron chi connectivity index (χ2n) is 5.72. The van der Waals surface area contributed by atoms with Gasteiger partial charge in [0.1, 0.15) is 0 Å². The first kappa shape index (κ1) is 15.5. The molecule has 0 amide bonds. The Morgan fingerprint density at radius 3 is 2.85 bits per heavy atom. The summed E-state index contributed by atoms with van der Waals surface area (Å²) < 4.78 is 4.70. The molecule has 1 aromatic heterocycles. The van der Waals surface area contributed by atoms with Gasteiger partial charge in [-0.15, -0.1) is 11.3 Å². The number of carbonyl (C=O) groups excluding carboxylic acids is 1. The SMILES string of the molecule is COC(=O)Cc1ccc(CNC2CCCCCC2C)s1. The van der Waals surface area contributed by atoms with Crippen LogP contribution in [0.5, 0.6) is 0 Å². The fraction of sp³-hybridized carbons (Fsp3) is 0.688. The summed E-state index contributed by atoms with van der Waals surface area (Å²) in [4.78, 5) is 13.6. The van der Waals surface area contributed by atoms with Gasteiger partial charge >= 0.3 is 5.97 Å². The summed E-state index contributed by atoms with van der Waals surface area (Å²) in [6.07, 6.45) is 7.13. The lowest BCUT2D eigenvalue weighted by atomic mass is 9.97. The second kappa shape index (κ2) is 7.79. The molecule has 3 nitrogen and oxygen atoms in total. The summed E-state index contributed by atoms with van der Waals surface area (Å²) in [6.45, 7) is 3.28. The van der Waals surface area contributed by atoms with Crippen molar-refractivity contribution in [2.75, 3.05) is 7.11 Å². The smallest absolute Gasteiger partial charge is 0.310 e. The van der Waals surface area contributed by atoms with E-state index in [2.05, 4.69) is 18.3 Å². The molecule has 112 valence electrons. The Balaban J connectivity index is 1.82. The summed E-state index contributed by atoms with van der Waals surface area (Å²) in [7, 11) is 1.44. The number of esters is 1. The standard InChI is InChI=1S/C16H25NO2S/c1-12-6-4-3-5-7-15(12)17-11-14-9-8-13(20-14)10-16(18)19-2/h8-9,12,15,17H,3-7,10-11H2,1-2H3. The highest BCUT2D eigenvalue weighted by Crippen LogP contribution is 2.24. The van der Waals surface area contributed by atoms with E-state index in [-0.39, 0.29) is 5.97 Å². The third-order valence-electron chi connectivity index (χ3n) is 4.16. The highest BCUT2D eigenvalue weighted by molar-refractivity contribution is 7.12. The molecule has 1 saturated carbocycles. The molecule has 20 heavy (non-hydrogen) atoms. The Bertz CT molecular complexity index is 430. The van der Waals surface area contributed by atoms with Gasteiger partial charge in [0, 0.05) is 22.3 Å². The van der Waals surface area contributed by atoms with Gasteiger partial charge in [-0.2, -0.15) is 0 Å². The summed E-state index contributed by atoms with van der Waals surface area (Å²) in [5.74, 6) is 0.607. The van der Waals surface area contributed by atoms with Crippen molar-refractivity contribution in [2.24, 2.45) is 5.92 Å². The van der Waals surface area contributed by atoms with Crippen LogP contribution in [0.25, 0.3) is 0 Å². The Morgan fingerprint density at radius 2 is 2.05 bits per heavy atom. The topological polar surface area (TPSA) is 38.3 Å². The number of carbonyl (C=O) groups is 1. The predicted molar refractivity (Wildman–Crippen MR) is 82.9 cm³/mol. The van der Waals surface area contributed by atoms with Gasteiger partial charge in [0.25, 0.3) is 0 Å². The van der Waals surface area contributed by atoms with Crippen LogP contribution in [0.3, 0.4) is 0 Å². The normalized spacial score (nSPS) is 23.3. The summed E-state index contributed by atoms with van der Waals surface area (Å²) in [5, 5.41) is 3.70. The second-order valence-corrected chi connectivity index (χ2v) is 6.98. The monoisotopic (exact) mass is 295 g/mol. The zero-order valence-electron chi connectivity index (χ0n) is 12.5. The molecule has 0 radical (unpaired) electrons. The molecule has 1 aromatic rings. The van der Waals surface area contributed by atoms with Crippen molar-refractivity contribution in [3.05, 3.63) is 21.9 Å². The molecule has 4 heteroatoms. The summed E-state index contributed by atoms with van der Waals surface area (Å²) >= 11 is 1.71. The lowest BCUT2D eigenvalue weighted by Crippen LogP contribution is -2.33. The third-order valence-corrected chi connectivity index (χ3v) is 5.25. The lowest BCUT2D eigenvalue weighted by molar-refractivity contribution is -0.139.